The van der Waals surface area contributed by atoms with Crippen molar-refractivity contribution in [2.24, 2.45) is 0 Å². The first-order valence-corrected chi connectivity index (χ1v) is 3.79. The predicted molar refractivity (Wildman–Crippen MR) is 51.1 cm³/mol. The molecule has 1 aromatic heterocycles. The molecule has 1 heterocycles. The third-order valence-electron chi connectivity index (χ3n) is 1.46. The Kier molecular flexibility index (Phi) is 2.66. The third kappa shape index (κ3) is 2.19. The molecule has 6 nitrogen and oxygen atoms in total. The van der Waals surface area contributed by atoms with Gasteiger partial charge in [-0.1, -0.05) is 6.58 Å². The maximum Gasteiger partial charge on any atom is 0.325 e. The fraction of sp³-hybridized carbons (Fsp3) is 0.125. The number of H-pyrrole nitrogens is 2. The number of hydrogen-bond donors (Lipinski definition) is 3. The lowest BCUT2D eigenvalue weighted by atomic mass is 10.3. The number of aromatic nitrogens is 2. The van der Waals surface area contributed by atoms with Crippen LogP contribution in [0.4, 0.5) is 5.69 Å². The summed E-state index contributed by atoms with van der Waals surface area (Å²) in [5.74, 6) is -0.470. The monoisotopic (exact) mass is 195 g/mol. The van der Waals surface area contributed by atoms with Gasteiger partial charge in [-0.2, -0.15) is 0 Å². The average Bonchev–Trinajstić information content (AvgIpc) is 2.09. The second-order valence-electron chi connectivity index (χ2n) is 2.72. The molecule has 0 bridgehead atoms. The largest absolute Gasteiger partial charge is 0.325 e. The van der Waals surface area contributed by atoms with Gasteiger partial charge in [0.15, 0.2) is 0 Å². The second kappa shape index (κ2) is 3.73. The van der Waals surface area contributed by atoms with Crippen LogP contribution in [0.2, 0.25) is 0 Å². The summed E-state index contributed by atoms with van der Waals surface area (Å²) in [6.07, 6.45) is 1.13. The van der Waals surface area contributed by atoms with Crippen LogP contribution in [-0.4, -0.2) is 15.9 Å². The molecule has 0 atom stereocenters. The summed E-state index contributed by atoms with van der Waals surface area (Å²) in [6, 6.07) is 0. The molecular weight excluding hydrogens is 186 g/mol. The first-order chi connectivity index (χ1) is 6.50. The van der Waals surface area contributed by atoms with Gasteiger partial charge >= 0.3 is 5.69 Å². The third-order valence-corrected chi connectivity index (χ3v) is 1.46. The van der Waals surface area contributed by atoms with Gasteiger partial charge in [0, 0.05) is 11.8 Å². The Hall–Kier alpha value is -2.11. The van der Waals surface area contributed by atoms with Crippen molar-refractivity contribution >= 4 is 11.6 Å². The molecule has 6 heteroatoms. The van der Waals surface area contributed by atoms with E-state index in [1.165, 1.54) is 6.92 Å². The number of nitrogens with one attached hydrogen (secondary N) is 3. The standard InChI is InChI=1S/C8H9N3O3/c1-4(2)6(12)10-5-3-9-8(14)11-7(5)13/h3H,1H2,2H3,(H,10,12)(H2,9,11,13,14). The number of carbonyl (C=O) groups excluding carboxylic acids is 1. The van der Waals surface area contributed by atoms with Crippen LogP contribution in [0.25, 0.3) is 0 Å². The molecule has 0 aliphatic rings. The molecule has 1 rings (SSSR count). The molecular formula is C8H9N3O3. The highest BCUT2D eigenvalue weighted by Gasteiger charge is 2.05. The molecule has 1 amide bonds. The molecule has 1 aromatic rings. The first-order valence-electron chi connectivity index (χ1n) is 3.79. The van der Waals surface area contributed by atoms with Crippen molar-refractivity contribution in [1.29, 1.82) is 0 Å². The van der Waals surface area contributed by atoms with E-state index in [0.717, 1.165) is 6.20 Å². The summed E-state index contributed by atoms with van der Waals surface area (Å²) in [6.45, 7) is 4.91. The molecule has 3 N–H and O–H groups in total. The van der Waals surface area contributed by atoms with Crippen LogP contribution in [0.5, 0.6) is 0 Å². The van der Waals surface area contributed by atoms with Gasteiger partial charge in [0.25, 0.3) is 11.5 Å². The van der Waals surface area contributed by atoms with Crippen molar-refractivity contribution in [2.45, 2.75) is 6.92 Å². The zero-order chi connectivity index (χ0) is 10.7. The minimum atomic E-state index is -0.650. The molecule has 0 aliphatic heterocycles. The Morgan fingerprint density at radius 2 is 2.14 bits per heavy atom. The van der Waals surface area contributed by atoms with Crippen LogP contribution in [0.1, 0.15) is 6.92 Å². The number of rotatable bonds is 2. The molecule has 74 valence electrons. The van der Waals surface area contributed by atoms with Gasteiger partial charge in [0.05, 0.1) is 0 Å². The lowest BCUT2D eigenvalue weighted by Crippen LogP contribution is -2.26. The van der Waals surface area contributed by atoms with Crippen molar-refractivity contribution < 1.29 is 4.79 Å². The van der Waals surface area contributed by atoms with Crippen LogP contribution in [-0.2, 0) is 4.79 Å². The summed E-state index contributed by atoms with van der Waals surface area (Å²) >= 11 is 0. The van der Waals surface area contributed by atoms with Gasteiger partial charge in [-0.3, -0.25) is 14.6 Å². The summed E-state index contributed by atoms with van der Waals surface area (Å²) < 4.78 is 0. The lowest BCUT2D eigenvalue weighted by Gasteiger charge is -2.01. The Morgan fingerprint density at radius 3 is 2.64 bits per heavy atom. The smallest absolute Gasteiger partial charge is 0.316 e. The number of amides is 1. The zero-order valence-electron chi connectivity index (χ0n) is 7.51. The average molecular weight is 195 g/mol. The first kappa shape index (κ1) is 9.97. The molecule has 0 fully saturated rings. The van der Waals surface area contributed by atoms with Crippen molar-refractivity contribution in [3.05, 3.63) is 39.2 Å². The molecule has 0 saturated heterocycles. The van der Waals surface area contributed by atoms with Crippen molar-refractivity contribution in [2.75, 3.05) is 5.32 Å². The summed E-state index contributed by atoms with van der Waals surface area (Å²) in [4.78, 5) is 37.0. The van der Waals surface area contributed by atoms with E-state index >= 15 is 0 Å². The van der Waals surface area contributed by atoms with Gasteiger partial charge < -0.3 is 10.3 Å². The summed E-state index contributed by atoms with van der Waals surface area (Å²) in [7, 11) is 0. The predicted octanol–water partition coefficient (Wildman–Crippen LogP) is -0.422. The van der Waals surface area contributed by atoms with E-state index in [-0.39, 0.29) is 11.3 Å². The van der Waals surface area contributed by atoms with E-state index < -0.39 is 17.2 Å². The number of carbonyl (C=O) groups is 1. The normalized spacial score (nSPS) is 9.50. The molecule has 0 aromatic carbocycles. The fourth-order valence-corrected chi connectivity index (χ4v) is 0.732. The molecule has 0 unspecified atom stereocenters. The highest BCUT2D eigenvalue weighted by molar-refractivity contribution is 6.02. The maximum atomic E-state index is 11.1. The molecule has 0 spiro atoms. The zero-order valence-corrected chi connectivity index (χ0v) is 7.51. The Balaban J connectivity index is 2.99. The number of anilines is 1. The number of hydrogen-bond acceptors (Lipinski definition) is 3. The molecule has 0 aliphatic carbocycles. The molecule has 0 radical (unpaired) electrons. The quantitative estimate of drug-likeness (QED) is 0.559. The van der Waals surface area contributed by atoms with Gasteiger partial charge in [0.1, 0.15) is 5.69 Å². The second-order valence-corrected chi connectivity index (χ2v) is 2.72. The number of aromatic amines is 2. The Labute approximate surface area is 78.7 Å². The van der Waals surface area contributed by atoms with Crippen LogP contribution >= 0.6 is 0 Å². The van der Waals surface area contributed by atoms with E-state index in [1.54, 1.807) is 0 Å². The SMILES string of the molecule is C=C(C)C(=O)Nc1c[nH]c(=O)[nH]c1=O. The summed E-state index contributed by atoms with van der Waals surface area (Å²) in [5.41, 5.74) is -1.01. The van der Waals surface area contributed by atoms with Crippen molar-refractivity contribution in [3.63, 3.8) is 0 Å². The molecule has 14 heavy (non-hydrogen) atoms. The van der Waals surface area contributed by atoms with Crippen LogP contribution < -0.4 is 16.6 Å². The Bertz CT molecular complexity index is 483. The van der Waals surface area contributed by atoms with Crippen LogP contribution in [0.3, 0.4) is 0 Å². The maximum absolute atomic E-state index is 11.1. The minimum Gasteiger partial charge on any atom is -0.316 e. The summed E-state index contributed by atoms with van der Waals surface area (Å²) in [5, 5.41) is 2.28. The highest BCUT2D eigenvalue weighted by Crippen LogP contribution is 1.96. The van der Waals surface area contributed by atoms with Crippen molar-refractivity contribution in [3.8, 4) is 0 Å². The highest BCUT2D eigenvalue weighted by atomic mass is 16.2. The van der Waals surface area contributed by atoms with Gasteiger partial charge in [-0.15, -0.1) is 0 Å². The van der Waals surface area contributed by atoms with Crippen LogP contribution in [0.15, 0.2) is 27.9 Å². The Morgan fingerprint density at radius 1 is 1.50 bits per heavy atom. The fourth-order valence-electron chi connectivity index (χ4n) is 0.732. The lowest BCUT2D eigenvalue weighted by molar-refractivity contribution is -0.112. The minimum absolute atomic E-state index is 0.0161. The van der Waals surface area contributed by atoms with Gasteiger partial charge in [0.2, 0.25) is 0 Å². The van der Waals surface area contributed by atoms with E-state index in [4.69, 9.17) is 0 Å². The topological polar surface area (TPSA) is 94.8 Å². The van der Waals surface area contributed by atoms with E-state index in [1.807, 2.05) is 4.98 Å². The van der Waals surface area contributed by atoms with Gasteiger partial charge in [-0.25, -0.2) is 4.79 Å². The molecule has 0 saturated carbocycles. The van der Waals surface area contributed by atoms with Gasteiger partial charge in [-0.05, 0) is 6.92 Å². The van der Waals surface area contributed by atoms with Crippen LogP contribution in [0, 0.1) is 0 Å². The van der Waals surface area contributed by atoms with E-state index in [0.29, 0.717) is 0 Å². The van der Waals surface area contributed by atoms with Crippen molar-refractivity contribution in [1.82, 2.24) is 9.97 Å². The van der Waals surface area contributed by atoms with E-state index in [2.05, 4.69) is 16.9 Å². The van der Waals surface area contributed by atoms with E-state index in [9.17, 15) is 14.4 Å².